The normalized spacial score (nSPS) is 10.0. The molecule has 3 rings (SSSR count). The number of nitrogens with one attached hydrogen (secondary N) is 2. The van der Waals surface area contributed by atoms with Crippen LogP contribution in [0.4, 0.5) is 23.1 Å². The molecule has 1 heterocycles. The van der Waals surface area contributed by atoms with Gasteiger partial charge in [0, 0.05) is 16.4 Å². The quantitative estimate of drug-likeness (QED) is 0.742. The first-order valence-electron chi connectivity index (χ1n) is 7.15. The number of nitriles is 1. The van der Waals surface area contributed by atoms with E-state index in [1.54, 1.807) is 24.3 Å². The minimum atomic E-state index is 0.351. The summed E-state index contributed by atoms with van der Waals surface area (Å²) < 4.78 is 0. The summed E-state index contributed by atoms with van der Waals surface area (Å²) in [6.07, 6.45) is 1.53. The number of rotatable bonds is 4. The fourth-order valence-electron chi connectivity index (χ4n) is 2.05. The van der Waals surface area contributed by atoms with Gasteiger partial charge in [-0.15, -0.1) is 5.10 Å². The SMILES string of the molecule is Cc1c(Cl)cccc1Nc1cnnc(Nc2ccc(C#N)cc2)n1. The van der Waals surface area contributed by atoms with Gasteiger partial charge in [-0.05, 0) is 48.9 Å². The highest BCUT2D eigenvalue weighted by molar-refractivity contribution is 6.31. The topological polar surface area (TPSA) is 86.5 Å². The molecule has 1 aromatic heterocycles. The fraction of sp³-hybridized carbons (Fsp3) is 0.0588. The molecule has 0 aliphatic heterocycles. The van der Waals surface area contributed by atoms with Gasteiger partial charge >= 0.3 is 0 Å². The van der Waals surface area contributed by atoms with E-state index >= 15 is 0 Å². The second-order valence-corrected chi connectivity index (χ2v) is 5.42. The summed E-state index contributed by atoms with van der Waals surface area (Å²) in [7, 11) is 0. The van der Waals surface area contributed by atoms with Gasteiger partial charge < -0.3 is 10.6 Å². The molecule has 0 unspecified atom stereocenters. The predicted octanol–water partition coefficient (Wildman–Crippen LogP) is 4.19. The van der Waals surface area contributed by atoms with E-state index in [-0.39, 0.29) is 0 Å². The van der Waals surface area contributed by atoms with Gasteiger partial charge in [0.25, 0.3) is 0 Å². The van der Waals surface area contributed by atoms with E-state index in [2.05, 4.69) is 31.9 Å². The van der Waals surface area contributed by atoms with Gasteiger partial charge in [-0.1, -0.05) is 17.7 Å². The molecule has 0 fully saturated rings. The number of halogens is 1. The third-order valence-electron chi connectivity index (χ3n) is 3.36. The van der Waals surface area contributed by atoms with E-state index in [4.69, 9.17) is 16.9 Å². The molecule has 0 bridgehead atoms. The van der Waals surface area contributed by atoms with E-state index in [0.717, 1.165) is 16.9 Å². The van der Waals surface area contributed by atoms with Crippen LogP contribution in [0.25, 0.3) is 0 Å². The van der Waals surface area contributed by atoms with Crippen LogP contribution in [-0.4, -0.2) is 15.2 Å². The smallest absolute Gasteiger partial charge is 0.249 e. The molecule has 24 heavy (non-hydrogen) atoms. The lowest BCUT2D eigenvalue weighted by molar-refractivity contribution is 0.982. The lowest BCUT2D eigenvalue weighted by Gasteiger charge is -2.10. The van der Waals surface area contributed by atoms with Crippen molar-refractivity contribution in [3.05, 3.63) is 64.8 Å². The molecular formula is C17H13ClN6. The van der Waals surface area contributed by atoms with Gasteiger partial charge in [-0.2, -0.15) is 15.3 Å². The molecule has 0 aliphatic rings. The minimum Gasteiger partial charge on any atom is -0.339 e. The highest BCUT2D eigenvalue weighted by Gasteiger charge is 2.05. The van der Waals surface area contributed by atoms with Crippen molar-refractivity contribution in [3.8, 4) is 6.07 Å². The zero-order valence-electron chi connectivity index (χ0n) is 12.8. The maximum atomic E-state index is 8.81. The first kappa shape index (κ1) is 15.7. The Morgan fingerprint density at radius 2 is 1.88 bits per heavy atom. The van der Waals surface area contributed by atoms with Crippen molar-refractivity contribution in [1.82, 2.24) is 15.2 Å². The molecular weight excluding hydrogens is 324 g/mol. The van der Waals surface area contributed by atoms with Crippen LogP contribution in [-0.2, 0) is 0 Å². The lowest BCUT2D eigenvalue weighted by Crippen LogP contribution is -2.03. The van der Waals surface area contributed by atoms with Crippen molar-refractivity contribution in [2.45, 2.75) is 6.92 Å². The summed E-state index contributed by atoms with van der Waals surface area (Å²) in [5.74, 6) is 0.899. The van der Waals surface area contributed by atoms with Crippen LogP contribution in [0.3, 0.4) is 0 Å². The number of hydrogen-bond acceptors (Lipinski definition) is 6. The van der Waals surface area contributed by atoms with Crippen LogP contribution in [0, 0.1) is 18.3 Å². The van der Waals surface area contributed by atoms with Crippen molar-refractivity contribution < 1.29 is 0 Å². The van der Waals surface area contributed by atoms with Gasteiger partial charge in [0.2, 0.25) is 5.95 Å². The van der Waals surface area contributed by atoms with E-state index in [1.807, 2.05) is 25.1 Å². The summed E-state index contributed by atoms with van der Waals surface area (Å²) in [5.41, 5.74) is 3.14. The Hall–Kier alpha value is -3.17. The zero-order valence-corrected chi connectivity index (χ0v) is 13.5. The molecule has 0 amide bonds. The maximum absolute atomic E-state index is 8.81. The molecule has 2 N–H and O–H groups in total. The Labute approximate surface area is 144 Å². The van der Waals surface area contributed by atoms with Crippen molar-refractivity contribution in [3.63, 3.8) is 0 Å². The number of benzene rings is 2. The molecule has 0 aliphatic carbocycles. The number of aromatic nitrogens is 3. The molecule has 0 spiro atoms. The summed E-state index contributed by atoms with van der Waals surface area (Å²) in [4.78, 5) is 4.37. The molecule has 3 aromatic rings. The predicted molar refractivity (Wildman–Crippen MR) is 93.7 cm³/mol. The van der Waals surface area contributed by atoms with Crippen molar-refractivity contribution >= 4 is 34.7 Å². The Bertz CT molecular complexity index is 902. The van der Waals surface area contributed by atoms with Crippen molar-refractivity contribution in [2.75, 3.05) is 10.6 Å². The highest BCUT2D eigenvalue weighted by atomic mass is 35.5. The number of hydrogen-bond donors (Lipinski definition) is 2. The second-order valence-electron chi connectivity index (χ2n) is 5.02. The summed E-state index contributed by atoms with van der Waals surface area (Å²) in [6, 6.07) is 14.7. The first-order chi connectivity index (χ1) is 11.7. The van der Waals surface area contributed by atoms with Gasteiger partial charge in [0.05, 0.1) is 17.8 Å². The standard InChI is InChI=1S/C17H13ClN6/c1-11-14(18)3-2-4-15(11)22-16-10-20-24-17(23-16)21-13-7-5-12(9-19)6-8-13/h2-8,10H,1H3,(H2,21,22,23,24). The van der Waals surface area contributed by atoms with Gasteiger partial charge in [-0.25, -0.2) is 0 Å². The third kappa shape index (κ3) is 3.59. The van der Waals surface area contributed by atoms with Crippen LogP contribution in [0.15, 0.2) is 48.7 Å². The van der Waals surface area contributed by atoms with E-state index in [1.165, 1.54) is 6.20 Å². The van der Waals surface area contributed by atoms with E-state index in [0.29, 0.717) is 22.4 Å². The molecule has 6 nitrogen and oxygen atoms in total. The molecule has 0 saturated heterocycles. The molecule has 0 radical (unpaired) electrons. The summed E-state index contributed by atoms with van der Waals surface area (Å²) >= 11 is 6.12. The molecule has 0 saturated carbocycles. The number of anilines is 4. The van der Waals surface area contributed by atoms with Crippen LogP contribution < -0.4 is 10.6 Å². The minimum absolute atomic E-state index is 0.351. The Kier molecular flexibility index (Phi) is 4.54. The first-order valence-corrected chi connectivity index (χ1v) is 7.52. The van der Waals surface area contributed by atoms with Crippen LogP contribution in [0.2, 0.25) is 5.02 Å². The second kappa shape index (κ2) is 6.94. The van der Waals surface area contributed by atoms with Crippen molar-refractivity contribution in [1.29, 1.82) is 5.26 Å². The maximum Gasteiger partial charge on any atom is 0.249 e. The third-order valence-corrected chi connectivity index (χ3v) is 3.77. The Morgan fingerprint density at radius 1 is 1.08 bits per heavy atom. The average molecular weight is 337 g/mol. The fourth-order valence-corrected chi connectivity index (χ4v) is 2.23. The van der Waals surface area contributed by atoms with E-state index < -0.39 is 0 Å². The summed E-state index contributed by atoms with van der Waals surface area (Å²) in [6.45, 7) is 1.93. The Morgan fingerprint density at radius 3 is 2.62 bits per heavy atom. The van der Waals surface area contributed by atoms with Gasteiger partial charge in [0.15, 0.2) is 5.82 Å². The van der Waals surface area contributed by atoms with Gasteiger partial charge in [-0.3, -0.25) is 0 Å². The van der Waals surface area contributed by atoms with Gasteiger partial charge in [0.1, 0.15) is 0 Å². The van der Waals surface area contributed by atoms with Crippen LogP contribution in [0.5, 0.6) is 0 Å². The molecule has 0 atom stereocenters. The van der Waals surface area contributed by atoms with Crippen LogP contribution in [0.1, 0.15) is 11.1 Å². The molecule has 2 aromatic carbocycles. The monoisotopic (exact) mass is 336 g/mol. The molecule has 7 heteroatoms. The van der Waals surface area contributed by atoms with Crippen molar-refractivity contribution in [2.24, 2.45) is 0 Å². The summed E-state index contributed by atoms with van der Waals surface area (Å²) in [5, 5.41) is 23.6. The lowest BCUT2D eigenvalue weighted by atomic mass is 10.2. The van der Waals surface area contributed by atoms with Crippen LogP contribution >= 0.6 is 11.6 Å². The van der Waals surface area contributed by atoms with E-state index in [9.17, 15) is 0 Å². The zero-order chi connectivity index (χ0) is 16.9. The largest absolute Gasteiger partial charge is 0.339 e. The molecule has 118 valence electrons. The highest BCUT2D eigenvalue weighted by Crippen LogP contribution is 2.25. The number of nitrogens with zero attached hydrogens (tertiary/aromatic N) is 4. The Balaban J connectivity index is 1.78. The average Bonchev–Trinajstić information content (AvgIpc) is 2.60.